The van der Waals surface area contributed by atoms with Crippen molar-refractivity contribution in [2.45, 2.75) is 13.0 Å². The summed E-state index contributed by atoms with van der Waals surface area (Å²) in [5.41, 5.74) is 1.92. The molecule has 0 heterocycles. The molecule has 0 spiro atoms. The van der Waals surface area contributed by atoms with E-state index in [-0.39, 0.29) is 18.6 Å². The summed E-state index contributed by atoms with van der Waals surface area (Å²) in [4.78, 5) is 24.9. The van der Waals surface area contributed by atoms with E-state index >= 15 is 0 Å². The van der Waals surface area contributed by atoms with Crippen LogP contribution in [0.5, 0.6) is 5.75 Å². The SMILES string of the molecule is CC(NC(=O)c1cccc(NC(=O)COc2c(Cl)cc(Cl)cc2Br)c1)c1ccccc1. The van der Waals surface area contributed by atoms with E-state index in [2.05, 4.69) is 26.6 Å². The van der Waals surface area contributed by atoms with Crippen molar-refractivity contribution in [3.05, 3.63) is 92.4 Å². The largest absolute Gasteiger partial charge is 0.481 e. The normalized spacial score (nSPS) is 11.5. The van der Waals surface area contributed by atoms with Gasteiger partial charge in [-0.05, 0) is 58.7 Å². The number of hydrogen-bond donors (Lipinski definition) is 2. The molecular formula is C23H19BrCl2N2O3. The number of benzene rings is 3. The highest BCUT2D eigenvalue weighted by Crippen LogP contribution is 2.36. The van der Waals surface area contributed by atoms with Crippen molar-refractivity contribution in [1.82, 2.24) is 5.32 Å². The maximum Gasteiger partial charge on any atom is 0.262 e. The molecule has 1 unspecified atom stereocenters. The Hall–Kier alpha value is -2.54. The molecule has 0 aromatic heterocycles. The molecule has 0 aliphatic rings. The number of hydrogen-bond acceptors (Lipinski definition) is 3. The lowest BCUT2D eigenvalue weighted by Crippen LogP contribution is -2.27. The summed E-state index contributed by atoms with van der Waals surface area (Å²) in [7, 11) is 0. The number of halogens is 3. The van der Waals surface area contributed by atoms with Gasteiger partial charge in [-0.15, -0.1) is 0 Å². The second-order valence-corrected chi connectivity index (χ2v) is 8.42. The van der Waals surface area contributed by atoms with E-state index in [4.69, 9.17) is 27.9 Å². The maximum absolute atomic E-state index is 12.6. The van der Waals surface area contributed by atoms with Gasteiger partial charge in [0.15, 0.2) is 12.4 Å². The van der Waals surface area contributed by atoms with Gasteiger partial charge < -0.3 is 15.4 Å². The van der Waals surface area contributed by atoms with Crippen LogP contribution in [0.4, 0.5) is 5.69 Å². The summed E-state index contributed by atoms with van der Waals surface area (Å²) in [5.74, 6) is -0.307. The summed E-state index contributed by atoms with van der Waals surface area (Å²) in [5, 5.41) is 6.40. The molecule has 5 nitrogen and oxygen atoms in total. The Morgan fingerprint density at radius 3 is 2.48 bits per heavy atom. The summed E-state index contributed by atoms with van der Waals surface area (Å²) in [6, 6.07) is 19.4. The predicted molar refractivity (Wildman–Crippen MR) is 127 cm³/mol. The van der Waals surface area contributed by atoms with Crippen molar-refractivity contribution >= 4 is 56.6 Å². The topological polar surface area (TPSA) is 67.4 Å². The lowest BCUT2D eigenvalue weighted by Gasteiger charge is -2.15. The molecule has 2 amide bonds. The van der Waals surface area contributed by atoms with E-state index in [9.17, 15) is 9.59 Å². The van der Waals surface area contributed by atoms with Crippen LogP contribution in [-0.4, -0.2) is 18.4 Å². The molecule has 0 saturated carbocycles. The van der Waals surface area contributed by atoms with Crippen LogP contribution in [0.3, 0.4) is 0 Å². The molecule has 0 saturated heterocycles. The molecule has 0 radical (unpaired) electrons. The molecule has 8 heteroatoms. The predicted octanol–water partition coefficient (Wildman–Crippen LogP) is 6.26. The fraction of sp³-hybridized carbons (Fsp3) is 0.130. The van der Waals surface area contributed by atoms with Crippen LogP contribution in [0.1, 0.15) is 28.9 Å². The average Bonchev–Trinajstić information content (AvgIpc) is 2.73. The lowest BCUT2D eigenvalue weighted by atomic mass is 10.1. The van der Waals surface area contributed by atoms with Gasteiger partial charge in [0, 0.05) is 16.3 Å². The third kappa shape index (κ3) is 6.47. The van der Waals surface area contributed by atoms with Gasteiger partial charge in [0.05, 0.1) is 15.5 Å². The minimum atomic E-state index is -0.395. The van der Waals surface area contributed by atoms with Crippen LogP contribution >= 0.6 is 39.1 Å². The zero-order valence-electron chi connectivity index (χ0n) is 16.5. The fourth-order valence-corrected chi connectivity index (χ4v) is 4.21. The van der Waals surface area contributed by atoms with Gasteiger partial charge >= 0.3 is 0 Å². The quantitative estimate of drug-likeness (QED) is 0.385. The Bertz CT molecular complexity index is 1070. The van der Waals surface area contributed by atoms with E-state index in [0.717, 1.165) is 5.56 Å². The second kappa shape index (κ2) is 10.7. The third-order valence-corrected chi connectivity index (χ3v) is 5.45. The minimum absolute atomic E-state index is 0.150. The summed E-state index contributed by atoms with van der Waals surface area (Å²) < 4.78 is 6.05. The van der Waals surface area contributed by atoms with Gasteiger partial charge in [0.2, 0.25) is 0 Å². The minimum Gasteiger partial charge on any atom is -0.481 e. The first kappa shape index (κ1) is 23.1. The number of carbonyl (C=O) groups is 2. The molecule has 0 aliphatic carbocycles. The third-order valence-electron chi connectivity index (χ3n) is 4.37. The first-order valence-corrected chi connectivity index (χ1v) is 10.9. The van der Waals surface area contributed by atoms with E-state index < -0.39 is 5.91 Å². The molecule has 0 aliphatic heterocycles. The van der Waals surface area contributed by atoms with Crippen LogP contribution in [-0.2, 0) is 4.79 Å². The van der Waals surface area contributed by atoms with Gasteiger partial charge in [-0.2, -0.15) is 0 Å². The average molecular weight is 522 g/mol. The summed E-state index contributed by atoms with van der Waals surface area (Å²) in [6.45, 7) is 1.65. The zero-order chi connectivity index (χ0) is 22.4. The van der Waals surface area contributed by atoms with Crippen LogP contribution in [0.2, 0.25) is 10.0 Å². The monoisotopic (exact) mass is 520 g/mol. The standard InChI is InChI=1S/C23H19BrCl2N2O3/c1-14(15-6-3-2-4-7-15)27-23(30)16-8-5-9-18(10-16)28-21(29)13-31-22-19(24)11-17(25)12-20(22)26/h2-12,14H,13H2,1H3,(H,27,30)(H,28,29). The Morgan fingerprint density at radius 2 is 1.77 bits per heavy atom. The van der Waals surface area contributed by atoms with Gasteiger partial charge in [0.25, 0.3) is 11.8 Å². The van der Waals surface area contributed by atoms with Crippen LogP contribution in [0, 0.1) is 0 Å². The van der Waals surface area contributed by atoms with Crippen LogP contribution in [0.15, 0.2) is 71.2 Å². The number of rotatable bonds is 7. The maximum atomic E-state index is 12.6. The number of amides is 2. The van der Waals surface area contributed by atoms with E-state index in [1.54, 1.807) is 30.3 Å². The van der Waals surface area contributed by atoms with Crippen LogP contribution < -0.4 is 15.4 Å². The molecule has 3 rings (SSSR count). The van der Waals surface area contributed by atoms with Crippen molar-refractivity contribution in [3.8, 4) is 5.75 Å². The first-order chi connectivity index (χ1) is 14.8. The molecule has 0 fully saturated rings. The molecule has 3 aromatic rings. The Balaban J connectivity index is 1.60. The lowest BCUT2D eigenvalue weighted by molar-refractivity contribution is -0.118. The number of nitrogens with one attached hydrogen (secondary N) is 2. The zero-order valence-corrected chi connectivity index (χ0v) is 19.6. The van der Waals surface area contributed by atoms with E-state index in [1.807, 2.05) is 37.3 Å². The number of ether oxygens (including phenoxy) is 1. The number of anilines is 1. The molecule has 1 atom stereocenters. The molecule has 160 valence electrons. The Labute approximate surface area is 198 Å². The van der Waals surface area contributed by atoms with Gasteiger partial charge in [-0.1, -0.05) is 59.6 Å². The van der Waals surface area contributed by atoms with Gasteiger partial charge in [-0.3, -0.25) is 9.59 Å². The number of carbonyl (C=O) groups excluding carboxylic acids is 2. The van der Waals surface area contributed by atoms with Gasteiger partial charge in [-0.25, -0.2) is 0 Å². The second-order valence-electron chi connectivity index (χ2n) is 6.72. The van der Waals surface area contributed by atoms with Crippen molar-refractivity contribution in [2.75, 3.05) is 11.9 Å². The fourth-order valence-electron chi connectivity index (χ4n) is 2.84. The summed E-state index contributed by atoms with van der Waals surface area (Å²) in [6.07, 6.45) is 0. The highest BCUT2D eigenvalue weighted by molar-refractivity contribution is 9.10. The van der Waals surface area contributed by atoms with Crippen molar-refractivity contribution in [3.63, 3.8) is 0 Å². The smallest absolute Gasteiger partial charge is 0.262 e. The molecule has 0 bridgehead atoms. The van der Waals surface area contributed by atoms with Crippen molar-refractivity contribution in [2.24, 2.45) is 0 Å². The Kier molecular flexibility index (Phi) is 7.96. The van der Waals surface area contributed by atoms with Crippen LogP contribution in [0.25, 0.3) is 0 Å². The highest BCUT2D eigenvalue weighted by atomic mass is 79.9. The molecule has 31 heavy (non-hydrogen) atoms. The Morgan fingerprint density at radius 1 is 1.03 bits per heavy atom. The summed E-state index contributed by atoms with van der Waals surface area (Å²) >= 11 is 15.3. The van der Waals surface area contributed by atoms with Gasteiger partial charge in [0.1, 0.15) is 0 Å². The molecule has 3 aromatic carbocycles. The van der Waals surface area contributed by atoms with E-state index in [1.165, 1.54) is 6.07 Å². The van der Waals surface area contributed by atoms with Crippen molar-refractivity contribution in [1.29, 1.82) is 0 Å². The molecule has 2 N–H and O–H groups in total. The van der Waals surface area contributed by atoms with E-state index in [0.29, 0.717) is 31.5 Å². The molecular weight excluding hydrogens is 503 g/mol. The van der Waals surface area contributed by atoms with Crippen molar-refractivity contribution < 1.29 is 14.3 Å². The first-order valence-electron chi connectivity index (χ1n) is 9.36. The highest BCUT2D eigenvalue weighted by Gasteiger charge is 2.14.